The van der Waals surface area contributed by atoms with Gasteiger partial charge < -0.3 is 21.7 Å². The normalized spacial score (nSPS) is 15.7. The van der Waals surface area contributed by atoms with Gasteiger partial charge in [0.25, 0.3) is 0 Å². The number of carbonyl (C=O) groups excluding carboxylic acids is 3. The standard InChI is InChI=1S/C17H24N4O3/c18-15(22)11-21(13-8-4-5-9-13)16(23)10-14(20-17(19)24)12-6-2-1-3-7-12/h1-3,6-7,13-14H,4-5,8-11H2,(H2,18,22)(H3,19,20,24). The Labute approximate surface area is 141 Å². The molecule has 2 rings (SSSR count). The average molecular weight is 332 g/mol. The molecule has 1 aromatic rings. The van der Waals surface area contributed by atoms with Crippen LogP contribution in [0.3, 0.4) is 0 Å². The molecule has 7 heteroatoms. The molecule has 1 unspecified atom stereocenters. The molecule has 1 saturated carbocycles. The predicted molar refractivity (Wildman–Crippen MR) is 89.7 cm³/mol. The second-order valence-corrected chi connectivity index (χ2v) is 6.10. The fourth-order valence-corrected chi connectivity index (χ4v) is 3.21. The van der Waals surface area contributed by atoms with Gasteiger partial charge in [-0.2, -0.15) is 0 Å². The maximum atomic E-state index is 12.8. The Hall–Kier alpha value is -2.57. The Bertz CT molecular complexity index is 585. The number of primary amides is 2. The van der Waals surface area contributed by atoms with E-state index < -0.39 is 18.0 Å². The van der Waals surface area contributed by atoms with Crippen LogP contribution in [0, 0.1) is 0 Å². The van der Waals surface area contributed by atoms with Gasteiger partial charge in [0.2, 0.25) is 11.8 Å². The number of urea groups is 1. The summed E-state index contributed by atoms with van der Waals surface area (Å²) >= 11 is 0. The van der Waals surface area contributed by atoms with Crippen LogP contribution in [0.2, 0.25) is 0 Å². The summed E-state index contributed by atoms with van der Waals surface area (Å²) in [6.07, 6.45) is 3.86. The number of benzene rings is 1. The maximum Gasteiger partial charge on any atom is 0.312 e. The van der Waals surface area contributed by atoms with Gasteiger partial charge >= 0.3 is 6.03 Å². The van der Waals surface area contributed by atoms with Crippen LogP contribution >= 0.6 is 0 Å². The number of hydrogen-bond donors (Lipinski definition) is 3. The highest BCUT2D eigenvalue weighted by Gasteiger charge is 2.29. The Morgan fingerprint density at radius 3 is 2.29 bits per heavy atom. The molecule has 1 fully saturated rings. The van der Waals surface area contributed by atoms with Gasteiger partial charge in [-0.15, -0.1) is 0 Å². The van der Waals surface area contributed by atoms with Crippen LogP contribution in [0.5, 0.6) is 0 Å². The van der Waals surface area contributed by atoms with Gasteiger partial charge in [-0.05, 0) is 18.4 Å². The first-order valence-electron chi connectivity index (χ1n) is 8.16. The summed E-state index contributed by atoms with van der Waals surface area (Å²) in [7, 11) is 0. The van der Waals surface area contributed by atoms with Crippen LogP contribution < -0.4 is 16.8 Å². The SMILES string of the molecule is NC(=O)CN(C(=O)CC(NC(N)=O)c1ccccc1)C1CCCC1. The molecule has 1 aliphatic carbocycles. The molecule has 1 aromatic carbocycles. The van der Waals surface area contributed by atoms with Crippen LogP contribution in [0.15, 0.2) is 30.3 Å². The Kier molecular flexibility index (Phi) is 6.17. The van der Waals surface area contributed by atoms with E-state index in [0.717, 1.165) is 31.2 Å². The molecule has 0 aliphatic heterocycles. The van der Waals surface area contributed by atoms with Gasteiger partial charge in [-0.3, -0.25) is 9.59 Å². The van der Waals surface area contributed by atoms with Gasteiger partial charge in [0.05, 0.1) is 19.0 Å². The summed E-state index contributed by atoms with van der Waals surface area (Å²) < 4.78 is 0. The van der Waals surface area contributed by atoms with E-state index >= 15 is 0 Å². The monoisotopic (exact) mass is 332 g/mol. The summed E-state index contributed by atoms with van der Waals surface area (Å²) in [6.45, 7) is -0.0957. The third-order valence-electron chi connectivity index (χ3n) is 4.31. The van der Waals surface area contributed by atoms with Crippen molar-refractivity contribution < 1.29 is 14.4 Å². The molecule has 0 radical (unpaired) electrons. The zero-order valence-electron chi connectivity index (χ0n) is 13.6. The van der Waals surface area contributed by atoms with Crippen LogP contribution in [0.25, 0.3) is 0 Å². The van der Waals surface area contributed by atoms with Crippen molar-refractivity contribution in [3.8, 4) is 0 Å². The van der Waals surface area contributed by atoms with Crippen LogP contribution in [-0.4, -0.2) is 35.3 Å². The number of hydrogen-bond acceptors (Lipinski definition) is 3. The van der Waals surface area contributed by atoms with Gasteiger partial charge in [0, 0.05) is 6.04 Å². The summed E-state index contributed by atoms with van der Waals surface area (Å²) in [5.74, 6) is -0.738. The summed E-state index contributed by atoms with van der Waals surface area (Å²) in [6, 6.07) is 7.96. The Morgan fingerprint density at radius 1 is 1.12 bits per heavy atom. The molecule has 0 saturated heterocycles. The molecule has 7 nitrogen and oxygen atoms in total. The highest BCUT2D eigenvalue weighted by Crippen LogP contribution is 2.26. The Morgan fingerprint density at radius 2 is 1.75 bits per heavy atom. The topological polar surface area (TPSA) is 119 Å². The largest absolute Gasteiger partial charge is 0.368 e. The number of amides is 4. The van der Waals surface area contributed by atoms with Crippen LogP contribution in [-0.2, 0) is 9.59 Å². The molecular weight excluding hydrogens is 308 g/mol. The minimum Gasteiger partial charge on any atom is -0.368 e. The molecule has 4 amide bonds. The third kappa shape index (κ3) is 4.97. The fraction of sp³-hybridized carbons (Fsp3) is 0.471. The van der Waals surface area contributed by atoms with Crippen LogP contribution in [0.4, 0.5) is 4.79 Å². The van der Waals surface area contributed by atoms with Crippen molar-refractivity contribution in [3.05, 3.63) is 35.9 Å². The third-order valence-corrected chi connectivity index (χ3v) is 4.31. The molecule has 1 atom stereocenters. The summed E-state index contributed by atoms with van der Waals surface area (Å²) in [5.41, 5.74) is 11.3. The van der Waals surface area contributed by atoms with Crippen LogP contribution in [0.1, 0.15) is 43.7 Å². The van der Waals surface area contributed by atoms with Crippen molar-refractivity contribution >= 4 is 17.8 Å². The Balaban J connectivity index is 2.14. The zero-order chi connectivity index (χ0) is 17.5. The van der Waals surface area contributed by atoms with Crippen molar-refractivity contribution in [1.82, 2.24) is 10.2 Å². The van der Waals surface area contributed by atoms with E-state index in [1.165, 1.54) is 0 Å². The first kappa shape index (κ1) is 17.8. The molecule has 0 bridgehead atoms. The second kappa shape index (κ2) is 8.33. The molecule has 5 N–H and O–H groups in total. The van der Waals surface area contributed by atoms with Gasteiger partial charge in [0.1, 0.15) is 0 Å². The molecule has 0 heterocycles. The number of nitrogens with one attached hydrogen (secondary N) is 1. The van der Waals surface area contributed by atoms with Crippen molar-refractivity contribution in [1.29, 1.82) is 0 Å². The lowest BCUT2D eigenvalue weighted by Gasteiger charge is -2.29. The molecular formula is C17H24N4O3. The number of rotatable bonds is 7. The molecule has 0 aromatic heterocycles. The molecule has 24 heavy (non-hydrogen) atoms. The highest BCUT2D eigenvalue weighted by molar-refractivity contribution is 5.85. The number of carbonyl (C=O) groups is 3. The lowest BCUT2D eigenvalue weighted by Crippen LogP contribution is -2.46. The summed E-state index contributed by atoms with van der Waals surface area (Å²) in [4.78, 5) is 36.9. The van der Waals surface area contributed by atoms with E-state index in [1.807, 2.05) is 30.3 Å². The van der Waals surface area contributed by atoms with E-state index in [0.29, 0.717) is 0 Å². The first-order valence-corrected chi connectivity index (χ1v) is 8.16. The number of nitrogens with zero attached hydrogens (tertiary/aromatic N) is 1. The van der Waals surface area contributed by atoms with E-state index in [4.69, 9.17) is 11.5 Å². The second-order valence-electron chi connectivity index (χ2n) is 6.10. The average Bonchev–Trinajstić information content (AvgIpc) is 3.06. The van der Waals surface area contributed by atoms with Gasteiger partial charge in [0.15, 0.2) is 0 Å². The molecule has 1 aliphatic rings. The zero-order valence-corrected chi connectivity index (χ0v) is 13.6. The lowest BCUT2D eigenvalue weighted by molar-refractivity contribution is -0.137. The van der Waals surface area contributed by atoms with E-state index in [2.05, 4.69) is 5.32 Å². The molecule has 0 spiro atoms. The van der Waals surface area contributed by atoms with Gasteiger partial charge in [-0.25, -0.2) is 4.79 Å². The first-order chi connectivity index (χ1) is 11.5. The van der Waals surface area contributed by atoms with Crippen molar-refractivity contribution in [2.24, 2.45) is 11.5 Å². The van der Waals surface area contributed by atoms with E-state index in [-0.39, 0.29) is 24.9 Å². The lowest BCUT2D eigenvalue weighted by atomic mass is 10.0. The van der Waals surface area contributed by atoms with E-state index in [1.54, 1.807) is 4.90 Å². The maximum absolute atomic E-state index is 12.8. The smallest absolute Gasteiger partial charge is 0.312 e. The van der Waals surface area contributed by atoms with Crippen molar-refractivity contribution in [2.75, 3.05) is 6.54 Å². The predicted octanol–water partition coefficient (Wildman–Crippen LogP) is 1.04. The minimum atomic E-state index is -0.695. The summed E-state index contributed by atoms with van der Waals surface area (Å²) in [5, 5.41) is 2.60. The minimum absolute atomic E-state index is 0.0370. The highest BCUT2D eigenvalue weighted by atomic mass is 16.2. The fourth-order valence-electron chi connectivity index (χ4n) is 3.21. The van der Waals surface area contributed by atoms with Gasteiger partial charge in [-0.1, -0.05) is 43.2 Å². The van der Waals surface area contributed by atoms with E-state index in [9.17, 15) is 14.4 Å². The molecule has 130 valence electrons. The van der Waals surface area contributed by atoms with Crippen molar-refractivity contribution in [2.45, 2.75) is 44.2 Å². The van der Waals surface area contributed by atoms with Crippen molar-refractivity contribution in [3.63, 3.8) is 0 Å². The quantitative estimate of drug-likeness (QED) is 0.692. The number of nitrogens with two attached hydrogens (primary N) is 2.